The van der Waals surface area contributed by atoms with E-state index in [9.17, 15) is 0 Å². The zero-order valence-corrected chi connectivity index (χ0v) is 11.8. The summed E-state index contributed by atoms with van der Waals surface area (Å²) in [5.41, 5.74) is 4.35. The maximum Gasteiger partial charge on any atom is 0.0807 e. The Morgan fingerprint density at radius 1 is 1.15 bits per heavy atom. The fourth-order valence-electron chi connectivity index (χ4n) is 3.79. The van der Waals surface area contributed by atoms with Gasteiger partial charge in [0, 0.05) is 32.8 Å². The molecule has 0 aromatic heterocycles. The van der Waals surface area contributed by atoms with Gasteiger partial charge < -0.3 is 10.1 Å². The molecule has 2 atom stereocenters. The number of fused-ring (bicyclic) bond motifs is 1. The molecule has 1 aliphatic carbocycles. The normalized spacial score (nSPS) is 30.3. The van der Waals surface area contributed by atoms with Gasteiger partial charge in [-0.3, -0.25) is 4.90 Å². The highest BCUT2D eigenvalue weighted by Crippen LogP contribution is 2.42. The van der Waals surface area contributed by atoms with Crippen LogP contribution in [0, 0.1) is 0 Å². The van der Waals surface area contributed by atoms with Gasteiger partial charge in [-0.2, -0.15) is 0 Å². The van der Waals surface area contributed by atoms with E-state index in [0.29, 0.717) is 12.1 Å². The number of hydrogen-bond acceptors (Lipinski definition) is 3. The lowest BCUT2D eigenvalue weighted by Gasteiger charge is -2.36. The van der Waals surface area contributed by atoms with Gasteiger partial charge in [-0.15, -0.1) is 0 Å². The Labute approximate surface area is 120 Å². The number of nitrogens with one attached hydrogen (secondary N) is 1. The van der Waals surface area contributed by atoms with E-state index in [1.807, 2.05) is 0 Å². The highest BCUT2D eigenvalue weighted by Gasteiger charge is 2.36. The van der Waals surface area contributed by atoms with Gasteiger partial charge in [0.05, 0.1) is 12.1 Å². The summed E-state index contributed by atoms with van der Waals surface area (Å²) in [6.07, 6.45) is 5.11. The summed E-state index contributed by atoms with van der Waals surface area (Å²) in [6, 6.07) is 9.28. The van der Waals surface area contributed by atoms with E-state index in [1.165, 1.54) is 29.5 Å². The first kappa shape index (κ1) is 12.6. The molecule has 0 amide bonds. The summed E-state index contributed by atoms with van der Waals surface area (Å²) in [5, 5.41) is 3.45. The van der Waals surface area contributed by atoms with E-state index in [-0.39, 0.29) is 0 Å². The van der Waals surface area contributed by atoms with Crippen LogP contribution in [0.5, 0.6) is 0 Å². The lowest BCUT2D eigenvalue weighted by Crippen LogP contribution is -2.46. The van der Waals surface area contributed by atoms with Crippen LogP contribution < -0.4 is 5.32 Å². The van der Waals surface area contributed by atoms with Crippen LogP contribution in [0.25, 0.3) is 6.08 Å². The molecule has 20 heavy (non-hydrogen) atoms. The molecule has 2 fully saturated rings. The summed E-state index contributed by atoms with van der Waals surface area (Å²) < 4.78 is 5.98. The zero-order chi connectivity index (χ0) is 13.4. The Balaban J connectivity index is 1.69. The smallest absolute Gasteiger partial charge is 0.0807 e. The van der Waals surface area contributed by atoms with Crippen LogP contribution >= 0.6 is 0 Å². The van der Waals surface area contributed by atoms with Gasteiger partial charge in [0.2, 0.25) is 0 Å². The Morgan fingerprint density at radius 2 is 2.00 bits per heavy atom. The van der Waals surface area contributed by atoms with E-state index in [2.05, 4.69) is 40.6 Å². The molecular weight excluding hydrogens is 248 g/mol. The average Bonchev–Trinajstić information content (AvgIpc) is 3.15. The SMILES string of the molecule is C1=C(C2CCCO2)C(N2CCNCC2)c2ccccc21. The Morgan fingerprint density at radius 3 is 2.80 bits per heavy atom. The summed E-state index contributed by atoms with van der Waals surface area (Å²) in [4.78, 5) is 2.62. The van der Waals surface area contributed by atoms with Gasteiger partial charge in [-0.25, -0.2) is 0 Å². The maximum atomic E-state index is 5.98. The third-order valence-corrected chi connectivity index (χ3v) is 4.75. The van der Waals surface area contributed by atoms with Crippen molar-refractivity contribution in [2.24, 2.45) is 0 Å². The van der Waals surface area contributed by atoms with Crippen molar-refractivity contribution in [2.75, 3.05) is 32.8 Å². The zero-order valence-electron chi connectivity index (χ0n) is 11.8. The molecule has 3 heteroatoms. The standard InChI is InChI=1S/C17H22N2O/c1-2-5-14-13(4-1)12-15(16-6-3-11-20-16)17(14)19-9-7-18-8-10-19/h1-2,4-5,12,16-18H,3,6-11H2. The molecule has 4 rings (SSSR count). The molecule has 2 heterocycles. The van der Waals surface area contributed by atoms with Crippen molar-refractivity contribution < 1.29 is 4.74 Å². The summed E-state index contributed by atoms with van der Waals surface area (Å²) in [6.45, 7) is 5.37. The maximum absolute atomic E-state index is 5.98. The van der Waals surface area contributed by atoms with Crippen LogP contribution in [-0.2, 0) is 4.74 Å². The van der Waals surface area contributed by atoms with Crippen LogP contribution in [0.1, 0.15) is 30.0 Å². The first-order chi connectivity index (χ1) is 9.93. The predicted octanol–water partition coefficient (Wildman–Crippen LogP) is 2.21. The second-order valence-corrected chi connectivity index (χ2v) is 5.96. The second-order valence-electron chi connectivity index (χ2n) is 5.96. The van der Waals surface area contributed by atoms with Crippen molar-refractivity contribution in [1.29, 1.82) is 0 Å². The van der Waals surface area contributed by atoms with Gasteiger partial charge in [0.15, 0.2) is 0 Å². The van der Waals surface area contributed by atoms with Crippen molar-refractivity contribution >= 4 is 6.08 Å². The lowest BCUT2D eigenvalue weighted by atomic mass is 9.96. The van der Waals surface area contributed by atoms with Gasteiger partial charge in [-0.05, 0) is 29.5 Å². The minimum Gasteiger partial charge on any atom is -0.374 e. The molecule has 1 aromatic rings. The molecule has 2 aliphatic heterocycles. The molecule has 3 aliphatic rings. The largest absolute Gasteiger partial charge is 0.374 e. The number of nitrogens with zero attached hydrogens (tertiary/aromatic N) is 1. The molecular formula is C17H22N2O. The number of hydrogen-bond donors (Lipinski definition) is 1. The predicted molar refractivity (Wildman–Crippen MR) is 80.6 cm³/mol. The number of piperazine rings is 1. The van der Waals surface area contributed by atoms with E-state index < -0.39 is 0 Å². The summed E-state index contributed by atoms with van der Waals surface area (Å²) in [5.74, 6) is 0. The third-order valence-electron chi connectivity index (χ3n) is 4.75. The molecule has 0 saturated carbocycles. The number of rotatable bonds is 2. The monoisotopic (exact) mass is 270 g/mol. The van der Waals surface area contributed by atoms with Gasteiger partial charge in [0.25, 0.3) is 0 Å². The molecule has 0 bridgehead atoms. The van der Waals surface area contributed by atoms with Crippen LogP contribution in [0.4, 0.5) is 0 Å². The molecule has 1 aromatic carbocycles. The molecule has 0 spiro atoms. The van der Waals surface area contributed by atoms with E-state index >= 15 is 0 Å². The molecule has 0 radical (unpaired) electrons. The van der Waals surface area contributed by atoms with E-state index in [1.54, 1.807) is 0 Å². The molecule has 1 N–H and O–H groups in total. The van der Waals surface area contributed by atoms with Gasteiger partial charge >= 0.3 is 0 Å². The number of benzene rings is 1. The van der Waals surface area contributed by atoms with E-state index in [0.717, 1.165) is 32.8 Å². The molecule has 3 nitrogen and oxygen atoms in total. The van der Waals surface area contributed by atoms with Crippen molar-refractivity contribution in [1.82, 2.24) is 10.2 Å². The fourth-order valence-corrected chi connectivity index (χ4v) is 3.79. The van der Waals surface area contributed by atoms with Crippen molar-refractivity contribution in [3.05, 3.63) is 41.0 Å². The van der Waals surface area contributed by atoms with Crippen molar-refractivity contribution in [3.8, 4) is 0 Å². The highest BCUT2D eigenvalue weighted by molar-refractivity contribution is 5.67. The average molecular weight is 270 g/mol. The van der Waals surface area contributed by atoms with Gasteiger partial charge in [-0.1, -0.05) is 30.3 Å². The Kier molecular flexibility index (Phi) is 3.34. The van der Waals surface area contributed by atoms with Gasteiger partial charge in [0.1, 0.15) is 0 Å². The Hall–Kier alpha value is -1.16. The number of ether oxygens (including phenoxy) is 1. The van der Waals surface area contributed by atoms with Crippen molar-refractivity contribution in [3.63, 3.8) is 0 Å². The first-order valence-electron chi connectivity index (χ1n) is 7.80. The second kappa shape index (κ2) is 5.32. The highest BCUT2D eigenvalue weighted by atomic mass is 16.5. The Bertz CT molecular complexity index is 513. The topological polar surface area (TPSA) is 24.5 Å². The first-order valence-corrected chi connectivity index (χ1v) is 7.80. The molecule has 2 saturated heterocycles. The quantitative estimate of drug-likeness (QED) is 0.891. The van der Waals surface area contributed by atoms with Crippen LogP contribution in [0.15, 0.2) is 29.8 Å². The summed E-state index contributed by atoms with van der Waals surface area (Å²) >= 11 is 0. The van der Waals surface area contributed by atoms with E-state index in [4.69, 9.17) is 4.74 Å². The van der Waals surface area contributed by atoms with Crippen LogP contribution in [-0.4, -0.2) is 43.8 Å². The minimum absolute atomic E-state index is 0.335. The minimum atomic E-state index is 0.335. The summed E-state index contributed by atoms with van der Waals surface area (Å²) in [7, 11) is 0. The lowest BCUT2D eigenvalue weighted by molar-refractivity contribution is 0.112. The molecule has 2 unspecified atom stereocenters. The van der Waals surface area contributed by atoms with Crippen LogP contribution in [0.2, 0.25) is 0 Å². The third kappa shape index (κ3) is 2.10. The fraction of sp³-hybridized carbons (Fsp3) is 0.529. The van der Waals surface area contributed by atoms with Crippen LogP contribution in [0.3, 0.4) is 0 Å². The molecule has 106 valence electrons. The van der Waals surface area contributed by atoms with Crippen molar-refractivity contribution in [2.45, 2.75) is 25.0 Å².